The molecule has 0 aliphatic carbocycles. The Morgan fingerprint density at radius 2 is 2.00 bits per heavy atom. The predicted molar refractivity (Wildman–Crippen MR) is 83.0 cm³/mol. The van der Waals surface area contributed by atoms with Crippen molar-refractivity contribution in [2.24, 2.45) is 11.8 Å². The van der Waals surface area contributed by atoms with E-state index in [1.165, 1.54) is 30.8 Å². The molecule has 7 nitrogen and oxygen atoms in total. The highest BCUT2D eigenvalue weighted by atomic mass is 32.2. The summed E-state index contributed by atoms with van der Waals surface area (Å²) in [5.41, 5.74) is 2.53. The summed E-state index contributed by atoms with van der Waals surface area (Å²) in [6.07, 6.45) is 3.65. The first-order chi connectivity index (χ1) is 9.85. The Hall–Kier alpha value is -1.28. The molecular weight excluding hydrogens is 274 g/mol. The van der Waals surface area contributed by atoms with Crippen molar-refractivity contribution in [1.82, 2.24) is 15.0 Å². The SMILES string of the molecule is NNc1nc(NCC2CCSC2)nc(N2CCCC2)n1. The van der Waals surface area contributed by atoms with Crippen molar-refractivity contribution < 1.29 is 0 Å². The molecule has 0 radical (unpaired) electrons. The zero-order chi connectivity index (χ0) is 13.8. The van der Waals surface area contributed by atoms with Gasteiger partial charge in [-0.25, -0.2) is 5.84 Å². The lowest BCUT2D eigenvalue weighted by Crippen LogP contribution is -2.24. The average Bonchev–Trinajstić information content (AvgIpc) is 3.17. The smallest absolute Gasteiger partial charge is 0.243 e. The van der Waals surface area contributed by atoms with Crippen LogP contribution < -0.4 is 21.5 Å². The van der Waals surface area contributed by atoms with Gasteiger partial charge in [0.25, 0.3) is 0 Å². The minimum absolute atomic E-state index is 0.421. The van der Waals surface area contributed by atoms with Crippen LogP contribution in [-0.4, -0.2) is 46.1 Å². The molecule has 0 spiro atoms. The Morgan fingerprint density at radius 3 is 2.70 bits per heavy atom. The van der Waals surface area contributed by atoms with Crippen LogP contribution >= 0.6 is 11.8 Å². The molecule has 1 aromatic rings. The van der Waals surface area contributed by atoms with Crippen LogP contribution in [0.15, 0.2) is 0 Å². The maximum Gasteiger partial charge on any atom is 0.243 e. The zero-order valence-electron chi connectivity index (χ0n) is 11.5. The number of hydrazine groups is 1. The zero-order valence-corrected chi connectivity index (χ0v) is 12.3. The molecular formula is C12H21N7S. The van der Waals surface area contributed by atoms with Crippen molar-refractivity contribution >= 4 is 29.6 Å². The third kappa shape index (κ3) is 3.24. The highest BCUT2D eigenvalue weighted by Gasteiger charge is 2.19. The molecule has 1 atom stereocenters. The Kier molecular flexibility index (Phi) is 4.41. The van der Waals surface area contributed by atoms with E-state index in [1.54, 1.807) is 0 Å². The van der Waals surface area contributed by atoms with Crippen LogP contribution in [0, 0.1) is 5.92 Å². The standard InChI is InChI=1S/C12H21N7S/c13-18-11-15-10(14-7-9-3-6-20-8-9)16-12(17-11)19-4-1-2-5-19/h9H,1-8,13H2,(H2,14,15,16,17,18). The quantitative estimate of drug-likeness (QED) is 0.545. The maximum atomic E-state index is 5.45. The third-order valence-corrected chi connectivity index (χ3v) is 4.95. The molecule has 1 unspecified atom stereocenters. The summed E-state index contributed by atoms with van der Waals surface area (Å²) in [6.45, 7) is 2.93. The molecule has 110 valence electrons. The second kappa shape index (κ2) is 6.45. The molecule has 0 bridgehead atoms. The van der Waals surface area contributed by atoms with E-state index in [0.717, 1.165) is 19.6 Å². The minimum atomic E-state index is 0.421. The average molecular weight is 295 g/mol. The lowest BCUT2D eigenvalue weighted by atomic mass is 10.1. The van der Waals surface area contributed by atoms with E-state index in [2.05, 4.69) is 30.6 Å². The van der Waals surface area contributed by atoms with E-state index in [1.807, 2.05) is 11.8 Å². The second-order valence-electron chi connectivity index (χ2n) is 5.23. The number of anilines is 3. The molecule has 3 heterocycles. The van der Waals surface area contributed by atoms with Gasteiger partial charge in [0.2, 0.25) is 17.8 Å². The van der Waals surface area contributed by atoms with Crippen molar-refractivity contribution in [3.63, 3.8) is 0 Å². The van der Waals surface area contributed by atoms with Crippen LogP contribution in [0.2, 0.25) is 0 Å². The number of nitrogens with one attached hydrogen (secondary N) is 2. The van der Waals surface area contributed by atoms with Crippen molar-refractivity contribution in [2.45, 2.75) is 19.3 Å². The molecule has 2 aliphatic heterocycles. The second-order valence-corrected chi connectivity index (χ2v) is 6.38. The van der Waals surface area contributed by atoms with Gasteiger partial charge in [-0.2, -0.15) is 26.7 Å². The highest BCUT2D eigenvalue weighted by molar-refractivity contribution is 7.99. The molecule has 2 aliphatic rings. The van der Waals surface area contributed by atoms with Crippen molar-refractivity contribution in [1.29, 1.82) is 0 Å². The summed E-state index contributed by atoms with van der Waals surface area (Å²) >= 11 is 2.01. The van der Waals surface area contributed by atoms with E-state index in [4.69, 9.17) is 5.84 Å². The molecule has 8 heteroatoms. The van der Waals surface area contributed by atoms with Gasteiger partial charge in [0, 0.05) is 19.6 Å². The molecule has 0 amide bonds. The minimum Gasteiger partial charge on any atom is -0.354 e. The molecule has 4 N–H and O–H groups in total. The molecule has 2 fully saturated rings. The van der Waals surface area contributed by atoms with Crippen LogP contribution in [0.25, 0.3) is 0 Å². The number of thioether (sulfide) groups is 1. The molecule has 3 rings (SSSR count). The summed E-state index contributed by atoms with van der Waals surface area (Å²) in [5, 5.41) is 3.33. The number of rotatable bonds is 5. The number of hydrogen-bond acceptors (Lipinski definition) is 8. The van der Waals surface area contributed by atoms with Crippen LogP contribution in [0.5, 0.6) is 0 Å². The van der Waals surface area contributed by atoms with Gasteiger partial charge in [0.1, 0.15) is 0 Å². The van der Waals surface area contributed by atoms with Crippen LogP contribution in [0.1, 0.15) is 19.3 Å². The summed E-state index contributed by atoms with van der Waals surface area (Å²) in [4.78, 5) is 15.3. The highest BCUT2D eigenvalue weighted by Crippen LogP contribution is 2.24. The lowest BCUT2D eigenvalue weighted by molar-refractivity contribution is 0.628. The van der Waals surface area contributed by atoms with E-state index < -0.39 is 0 Å². The van der Waals surface area contributed by atoms with Crippen LogP contribution in [0.4, 0.5) is 17.8 Å². The number of nitrogen functional groups attached to an aromatic ring is 1. The first-order valence-corrected chi connectivity index (χ1v) is 8.30. The number of nitrogens with two attached hydrogens (primary N) is 1. The summed E-state index contributed by atoms with van der Waals surface area (Å²) < 4.78 is 0. The van der Waals surface area contributed by atoms with Crippen LogP contribution in [0.3, 0.4) is 0 Å². The largest absolute Gasteiger partial charge is 0.354 e. The normalized spacial score (nSPS) is 22.2. The summed E-state index contributed by atoms with van der Waals surface area (Å²) in [7, 11) is 0. The fourth-order valence-corrected chi connectivity index (χ4v) is 3.83. The fourth-order valence-electron chi connectivity index (χ4n) is 2.55. The van der Waals surface area contributed by atoms with E-state index in [9.17, 15) is 0 Å². The van der Waals surface area contributed by atoms with Gasteiger partial charge in [-0.1, -0.05) is 0 Å². The molecule has 0 saturated carbocycles. The number of nitrogens with zero attached hydrogens (tertiary/aromatic N) is 4. The van der Waals surface area contributed by atoms with Gasteiger partial charge < -0.3 is 10.2 Å². The van der Waals surface area contributed by atoms with E-state index in [-0.39, 0.29) is 0 Å². The fraction of sp³-hybridized carbons (Fsp3) is 0.750. The first kappa shape index (κ1) is 13.7. The lowest BCUT2D eigenvalue weighted by Gasteiger charge is -2.17. The number of aromatic nitrogens is 3. The monoisotopic (exact) mass is 295 g/mol. The van der Waals surface area contributed by atoms with E-state index >= 15 is 0 Å². The van der Waals surface area contributed by atoms with Gasteiger partial charge in [-0.05, 0) is 36.7 Å². The van der Waals surface area contributed by atoms with Crippen molar-refractivity contribution in [3.05, 3.63) is 0 Å². The molecule has 0 aromatic carbocycles. The Morgan fingerprint density at radius 1 is 1.20 bits per heavy atom. The van der Waals surface area contributed by atoms with Crippen LogP contribution in [-0.2, 0) is 0 Å². The Bertz CT molecular complexity index is 443. The van der Waals surface area contributed by atoms with Gasteiger partial charge in [-0.3, -0.25) is 5.43 Å². The number of hydrogen-bond donors (Lipinski definition) is 3. The predicted octanol–water partition coefficient (Wildman–Crippen LogP) is 0.922. The third-order valence-electron chi connectivity index (χ3n) is 3.71. The molecule has 1 aromatic heterocycles. The Labute approximate surface area is 123 Å². The first-order valence-electron chi connectivity index (χ1n) is 7.14. The van der Waals surface area contributed by atoms with Crippen molar-refractivity contribution in [2.75, 3.05) is 46.8 Å². The van der Waals surface area contributed by atoms with E-state index in [0.29, 0.717) is 23.8 Å². The maximum absolute atomic E-state index is 5.45. The van der Waals surface area contributed by atoms with Crippen molar-refractivity contribution in [3.8, 4) is 0 Å². The molecule has 2 saturated heterocycles. The summed E-state index contributed by atoms with van der Waals surface area (Å²) in [5.74, 6) is 10.4. The Balaban J connectivity index is 1.69. The van der Waals surface area contributed by atoms with Gasteiger partial charge in [0.15, 0.2) is 0 Å². The van der Waals surface area contributed by atoms with Gasteiger partial charge in [0.05, 0.1) is 0 Å². The molecule has 20 heavy (non-hydrogen) atoms. The topological polar surface area (TPSA) is 92.0 Å². The summed E-state index contributed by atoms with van der Waals surface area (Å²) in [6, 6.07) is 0. The van der Waals surface area contributed by atoms with Gasteiger partial charge in [-0.15, -0.1) is 0 Å². The van der Waals surface area contributed by atoms with Gasteiger partial charge >= 0.3 is 0 Å².